The van der Waals surface area contributed by atoms with Gasteiger partial charge in [0, 0.05) is 5.02 Å². The number of carboxylic acids is 1. The van der Waals surface area contributed by atoms with E-state index in [0.717, 1.165) is 0 Å². The van der Waals surface area contributed by atoms with E-state index in [4.69, 9.17) is 33.0 Å². The molecule has 0 heterocycles. The van der Waals surface area contributed by atoms with Crippen LogP contribution >= 0.6 is 23.2 Å². The lowest BCUT2D eigenvalue weighted by Crippen LogP contribution is -2.03. The lowest BCUT2D eigenvalue weighted by atomic mass is 10.2. The number of rotatable bonds is 3. The van der Waals surface area contributed by atoms with Gasteiger partial charge in [-0.2, -0.15) is 0 Å². The molecule has 0 saturated carbocycles. The van der Waals surface area contributed by atoms with Crippen molar-refractivity contribution in [2.24, 2.45) is 0 Å². The zero-order chi connectivity index (χ0) is 10.7. The molecule has 0 amide bonds. The first-order valence-corrected chi connectivity index (χ1v) is 4.67. The summed E-state index contributed by atoms with van der Waals surface area (Å²) in [5.74, 6) is -0.955. The normalized spacial score (nSPS) is 9.93. The molecule has 1 N–H and O–H groups in total. The number of halogens is 2. The molecule has 3 nitrogen and oxygen atoms in total. The molecule has 0 aliphatic carbocycles. The second-order valence-electron chi connectivity index (χ2n) is 2.50. The Labute approximate surface area is 91.2 Å². The summed E-state index contributed by atoms with van der Waals surface area (Å²) in [4.78, 5) is 10.8. The Balaban J connectivity index is 3.28. The van der Waals surface area contributed by atoms with Gasteiger partial charge >= 0.3 is 5.97 Å². The van der Waals surface area contributed by atoms with Crippen LogP contribution in [0, 0.1) is 0 Å². The molecule has 0 spiro atoms. The number of carbonyl (C=O) groups is 1. The molecule has 0 aliphatic heterocycles. The fraction of sp³-hybridized carbons (Fsp3) is 0.222. The molecule has 1 aromatic rings. The Morgan fingerprint density at radius 3 is 2.64 bits per heavy atom. The van der Waals surface area contributed by atoms with Crippen LogP contribution in [0.5, 0.6) is 5.75 Å². The van der Waals surface area contributed by atoms with E-state index in [1.165, 1.54) is 12.1 Å². The molecule has 0 aromatic heterocycles. The third-order valence-electron chi connectivity index (χ3n) is 1.53. The average Bonchev–Trinajstić information content (AvgIpc) is 2.09. The summed E-state index contributed by atoms with van der Waals surface area (Å²) in [5, 5.41) is 9.32. The van der Waals surface area contributed by atoms with E-state index in [1.807, 2.05) is 0 Å². The van der Waals surface area contributed by atoms with Crippen LogP contribution < -0.4 is 4.74 Å². The summed E-state index contributed by atoms with van der Waals surface area (Å²) < 4.78 is 5.11. The molecule has 1 rings (SSSR count). The van der Waals surface area contributed by atoms with Crippen LogP contribution in [0.25, 0.3) is 0 Å². The van der Waals surface area contributed by atoms with Gasteiger partial charge in [-0.3, -0.25) is 0 Å². The van der Waals surface area contributed by atoms with E-state index in [0.29, 0.717) is 6.61 Å². The Hall–Kier alpha value is -0.930. The van der Waals surface area contributed by atoms with E-state index < -0.39 is 5.97 Å². The van der Waals surface area contributed by atoms with E-state index >= 15 is 0 Å². The minimum atomic E-state index is -1.11. The quantitative estimate of drug-likeness (QED) is 0.875. The van der Waals surface area contributed by atoms with E-state index in [-0.39, 0.29) is 21.4 Å². The first-order chi connectivity index (χ1) is 6.56. The van der Waals surface area contributed by atoms with Gasteiger partial charge in [0.05, 0.1) is 11.6 Å². The summed E-state index contributed by atoms with van der Waals surface area (Å²) in [5.41, 5.74) is -0.0237. The Morgan fingerprint density at radius 1 is 1.50 bits per heavy atom. The van der Waals surface area contributed by atoms with Crippen molar-refractivity contribution < 1.29 is 14.6 Å². The Kier molecular flexibility index (Phi) is 3.61. The van der Waals surface area contributed by atoms with Gasteiger partial charge in [0.2, 0.25) is 0 Å². The molecular weight excluding hydrogens is 227 g/mol. The van der Waals surface area contributed by atoms with Gasteiger partial charge in [0.15, 0.2) is 5.75 Å². The second-order valence-corrected chi connectivity index (χ2v) is 3.35. The monoisotopic (exact) mass is 234 g/mol. The number of benzene rings is 1. The zero-order valence-corrected chi connectivity index (χ0v) is 8.89. The van der Waals surface area contributed by atoms with Gasteiger partial charge in [0.1, 0.15) is 5.56 Å². The van der Waals surface area contributed by atoms with Gasteiger partial charge < -0.3 is 9.84 Å². The number of ether oxygens (including phenoxy) is 1. The van der Waals surface area contributed by atoms with Crippen molar-refractivity contribution in [2.45, 2.75) is 6.92 Å². The maximum atomic E-state index is 10.8. The minimum Gasteiger partial charge on any atom is -0.491 e. The zero-order valence-electron chi connectivity index (χ0n) is 7.38. The minimum absolute atomic E-state index is 0.0237. The standard InChI is InChI=1S/C9H8Cl2O3/c1-2-14-8-6(9(12)13)3-5(10)4-7(8)11/h3-4H,2H2,1H3,(H,12,13). The largest absolute Gasteiger partial charge is 0.491 e. The van der Waals surface area contributed by atoms with Crippen LogP contribution in [0.2, 0.25) is 10.0 Å². The maximum Gasteiger partial charge on any atom is 0.339 e. The maximum absolute atomic E-state index is 10.8. The predicted molar refractivity (Wildman–Crippen MR) is 54.6 cm³/mol. The van der Waals surface area contributed by atoms with Crippen LogP contribution in [0.15, 0.2) is 12.1 Å². The smallest absolute Gasteiger partial charge is 0.339 e. The summed E-state index contributed by atoms with van der Waals surface area (Å²) in [6.07, 6.45) is 0. The van der Waals surface area contributed by atoms with Gasteiger partial charge in [-0.25, -0.2) is 4.79 Å². The summed E-state index contributed by atoms with van der Waals surface area (Å²) in [6, 6.07) is 2.75. The predicted octanol–water partition coefficient (Wildman–Crippen LogP) is 3.09. The second kappa shape index (κ2) is 4.53. The molecule has 76 valence electrons. The van der Waals surface area contributed by atoms with Crippen molar-refractivity contribution in [1.82, 2.24) is 0 Å². The fourth-order valence-corrected chi connectivity index (χ4v) is 1.56. The van der Waals surface area contributed by atoms with E-state index in [2.05, 4.69) is 0 Å². The fourth-order valence-electron chi connectivity index (χ4n) is 1.01. The van der Waals surface area contributed by atoms with Crippen LogP contribution in [-0.2, 0) is 0 Å². The highest BCUT2D eigenvalue weighted by molar-refractivity contribution is 6.36. The molecular formula is C9H8Cl2O3. The summed E-state index contributed by atoms with van der Waals surface area (Å²) in [6.45, 7) is 2.10. The number of hydrogen-bond acceptors (Lipinski definition) is 2. The van der Waals surface area contributed by atoms with Crippen molar-refractivity contribution in [3.05, 3.63) is 27.7 Å². The van der Waals surface area contributed by atoms with Gasteiger partial charge in [0.25, 0.3) is 0 Å². The molecule has 1 aromatic carbocycles. The number of aromatic carboxylic acids is 1. The lowest BCUT2D eigenvalue weighted by Gasteiger charge is -2.09. The highest BCUT2D eigenvalue weighted by Gasteiger charge is 2.15. The molecule has 0 saturated heterocycles. The highest BCUT2D eigenvalue weighted by atomic mass is 35.5. The van der Waals surface area contributed by atoms with Gasteiger partial charge in [-0.15, -0.1) is 0 Å². The lowest BCUT2D eigenvalue weighted by molar-refractivity contribution is 0.0692. The van der Waals surface area contributed by atoms with Crippen LogP contribution in [0.3, 0.4) is 0 Å². The Bertz CT molecular complexity index is 363. The van der Waals surface area contributed by atoms with Gasteiger partial charge in [-0.1, -0.05) is 23.2 Å². The summed E-state index contributed by atoms with van der Waals surface area (Å²) >= 11 is 11.4. The molecule has 0 atom stereocenters. The van der Waals surface area contributed by atoms with Crippen LogP contribution in [0.1, 0.15) is 17.3 Å². The highest BCUT2D eigenvalue weighted by Crippen LogP contribution is 2.32. The third kappa shape index (κ3) is 2.30. The SMILES string of the molecule is CCOc1c(Cl)cc(Cl)cc1C(=O)O. The van der Waals surface area contributed by atoms with Crippen molar-refractivity contribution in [1.29, 1.82) is 0 Å². The number of hydrogen-bond donors (Lipinski definition) is 1. The number of carboxylic acid groups (broad SMARTS) is 1. The average molecular weight is 235 g/mol. The van der Waals surface area contributed by atoms with Crippen LogP contribution in [0.4, 0.5) is 0 Å². The van der Waals surface area contributed by atoms with Crippen molar-refractivity contribution >= 4 is 29.2 Å². The van der Waals surface area contributed by atoms with Crippen molar-refractivity contribution in [3.8, 4) is 5.75 Å². The van der Waals surface area contributed by atoms with Gasteiger partial charge in [-0.05, 0) is 19.1 Å². The molecule has 0 fully saturated rings. The third-order valence-corrected chi connectivity index (χ3v) is 2.03. The van der Waals surface area contributed by atoms with Crippen LogP contribution in [-0.4, -0.2) is 17.7 Å². The first-order valence-electron chi connectivity index (χ1n) is 3.91. The molecule has 0 unspecified atom stereocenters. The molecule has 0 radical (unpaired) electrons. The molecule has 14 heavy (non-hydrogen) atoms. The van der Waals surface area contributed by atoms with Crippen molar-refractivity contribution in [2.75, 3.05) is 6.61 Å². The summed E-state index contributed by atoms with van der Waals surface area (Å²) in [7, 11) is 0. The molecule has 5 heteroatoms. The van der Waals surface area contributed by atoms with Crippen molar-refractivity contribution in [3.63, 3.8) is 0 Å². The van der Waals surface area contributed by atoms with E-state index in [1.54, 1.807) is 6.92 Å². The van der Waals surface area contributed by atoms with E-state index in [9.17, 15) is 4.79 Å². The molecule has 0 bridgehead atoms. The Morgan fingerprint density at radius 2 is 2.14 bits per heavy atom. The topological polar surface area (TPSA) is 46.5 Å². The molecule has 0 aliphatic rings. The first kappa shape index (κ1) is 11.1.